The summed E-state index contributed by atoms with van der Waals surface area (Å²) < 4.78 is 28.5. The van der Waals surface area contributed by atoms with Crippen molar-refractivity contribution in [3.05, 3.63) is 94.0 Å². The lowest BCUT2D eigenvalue weighted by atomic mass is 10.1. The third-order valence-electron chi connectivity index (χ3n) is 4.77. The fourth-order valence-corrected chi connectivity index (χ4v) is 4.65. The summed E-state index contributed by atoms with van der Waals surface area (Å²) in [5.41, 5.74) is 3.34. The Hall–Kier alpha value is -2.83. The molecule has 0 bridgehead atoms. The molecule has 0 aliphatic heterocycles. The van der Waals surface area contributed by atoms with Gasteiger partial charge < -0.3 is 5.32 Å². The molecule has 0 heterocycles. The van der Waals surface area contributed by atoms with Crippen molar-refractivity contribution >= 4 is 33.2 Å². The molecule has 2 N–H and O–H groups in total. The fraction of sp³-hybridized carbons (Fsp3) is 0.174. The Morgan fingerprint density at radius 3 is 2.37 bits per heavy atom. The predicted octanol–water partition coefficient (Wildman–Crippen LogP) is 5.25. The van der Waals surface area contributed by atoms with Crippen LogP contribution in [0.1, 0.15) is 40.0 Å². The maximum atomic E-state index is 13.0. The van der Waals surface area contributed by atoms with Crippen molar-refractivity contribution in [1.82, 2.24) is 5.32 Å². The van der Waals surface area contributed by atoms with Crippen LogP contribution in [-0.2, 0) is 10.0 Å². The Morgan fingerprint density at radius 1 is 0.967 bits per heavy atom. The van der Waals surface area contributed by atoms with Crippen LogP contribution in [0.25, 0.3) is 0 Å². The molecule has 7 heteroatoms. The largest absolute Gasteiger partial charge is 0.346 e. The van der Waals surface area contributed by atoms with Gasteiger partial charge in [0.25, 0.3) is 15.9 Å². The van der Waals surface area contributed by atoms with E-state index in [2.05, 4.69) is 10.0 Å². The van der Waals surface area contributed by atoms with Crippen molar-refractivity contribution in [3.63, 3.8) is 0 Å². The predicted molar refractivity (Wildman–Crippen MR) is 120 cm³/mol. The molecule has 0 aliphatic rings. The molecule has 0 saturated heterocycles. The smallest absolute Gasteiger partial charge is 0.263 e. The molecule has 0 aromatic heterocycles. The molecule has 0 unspecified atom stereocenters. The van der Waals surface area contributed by atoms with Crippen LogP contribution in [0, 0.1) is 13.8 Å². The second-order valence-corrected chi connectivity index (χ2v) is 9.23. The Labute approximate surface area is 182 Å². The second-order valence-electron chi connectivity index (χ2n) is 7.17. The Kier molecular flexibility index (Phi) is 6.48. The van der Waals surface area contributed by atoms with Gasteiger partial charge >= 0.3 is 0 Å². The third kappa shape index (κ3) is 5.01. The molecule has 3 aromatic carbocycles. The molecule has 0 radical (unpaired) electrons. The lowest BCUT2D eigenvalue weighted by Gasteiger charge is -2.16. The quantitative estimate of drug-likeness (QED) is 0.547. The maximum absolute atomic E-state index is 13.0. The zero-order chi connectivity index (χ0) is 21.9. The van der Waals surface area contributed by atoms with Gasteiger partial charge in [0, 0.05) is 5.56 Å². The Bertz CT molecular complexity index is 1180. The Balaban J connectivity index is 1.87. The van der Waals surface area contributed by atoms with Crippen LogP contribution in [0.3, 0.4) is 0 Å². The number of anilines is 1. The number of carbonyl (C=O) groups excluding carboxylic acids is 1. The first-order valence-corrected chi connectivity index (χ1v) is 11.3. The van der Waals surface area contributed by atoms with E-state index in [-0.39, 0.29) is 27.4 Å². The second kappa shape index (κ2) is 8.90. The first-order chi connectivity index (χ1) is 14.2. The number of aryl methyl sites for hydroxylation is 2. The summed E-state index contributed by atoms with van der Waals surface area (Å²) in [5, 5.41) is 2.92. The SMILES string of the molecule is Cc1ccc(C)c(NS(=O)(=O)c2cc(C(=O)N[C@@H](C)c3ccccc3)ccc2Cl)c1. The van der Waals surface area contributed by atoms with Gasteiger partial charge in [-0.3, -0.25) is 9.52 Å². The number of halogens is 1. The standard InChI is InChI=1S/C23H23ClN2O3S/c1-15-9-10-16(2)21(13-15)26-30(28,29)22-14-19(11-12-20(22)24)23(27)25-17(3)18-7-5-4-6-8-18/h4-14,17,26H,1-3H3,(H,25,27)/t17-/m0/s1. The number of carbonyl (C=O) groups is 1. The average molecular weight is 443 g/mol. The van der Waals surface area contributed by atoms with Crippen LogP contribution in [0.4, 0.5) is 5.69 Å². The summed E-state index contributed by atoms with van der Waals surface area (Å²) in [7, 11) is -3.98. The summed E-state index contributed by atoms with van der Waals surface area (Å²) in [6.45, 7) is 5.56. The number of sulfonamides is 1. The monoisotopic (exact) mass is 442 g/mol. The van der Waals surface area contributed by atoms with E-state index in [9.17, 15) is 13.2 Å². The van der Waals surface area contributed by atoms with Crippen molar-refractivity contribution in [1.29, 1.82) is 0 Å². The van der Waals surface area contributed by atoms with E-state index in [1.807, 2.05) is 63.2 Å². The van der Waals surface area contributed by atoms with Gasteiger partial charge in [-0.25, -0.2) is 8.42 Å². The van der Waals surface area contributed by atoms with Crippen LogP contribution in [0.2, 0.25) is 5.02 Å². The lowest BCUT2D eigenvalue weighted by molar-refractivity contribution is 0.0939. The number of nitrogens with one attached hydrogen (secondary N) is 2. The van der Waals surface area contributed by atoms with Gasteiger partial charge in [-0.2, -0.15) is 0 Å². The zero-order valence-electron chi connectivity index (χ0n) is 16.9. The topological polar surface area (TPSA) is 75.3 Å². The van der Waals surface area contributed by atoms with E-state index >= 15 is 0 Å². The molecule has 1 amide bonds. The van der Waals surface area contributed by atoms with Crippen LogP contribution in [0.15, 0.2) is 71.6 Å². The van der Waals surface area contributed by atoms with E-state index in [0.29, 0.717) is 5.69 Å². The molecule has 5 nitrogen and oxygen atoms in total. The molecular weight excluding hydrogens is 420 g/mol. The van der Waals surface area contributed by atoms with Crippen LogP contribution in [0.5, 0.6) is 0 Å². The third-order valence-corrected chi connectivity index (χ3v) is 6.61. The fourth-order valence-electron chi connectivity index (χ4n) is 3.00. The summed E-state index contributed by atoms with van der Waals surface area (Å²) in [5.74, 6) is -0.383. The van der Waals surface area contributed by atoms with E-state index in [1.165, 1.54) is 18.2 Å². The molecule has 30 heavy (non-hydrogen) atoms. The normalized spacial score (nSPS) is 12.3. The van der Waals surface area contributed by atoms with E-state index in [4.69, 9.17) is 11.6 Å². The molecule has 0 aliphatic carbocycles. The summed E-state index contributed by atoms with van der Waals surface area (Å²) in [4.78, 5) is 12.6. The lowest BCUT2D eigenvalue weighted by Crippen LogP contribution is -2.27. The molecule has 156 valence electrons. The molecule has 0 spiro atoms. The minimum Gasteiger partial charge on any atom is -0.346 e. The number of rotatable bonds is 6. The molecule has 0 fully saturated rings. The van der Waals surface area contributed by atoms with Crippen LogP contribution < -0.4 is 10.0 Å². The average Bonchev–Trinajstić information content (AvgIpc) is 2.71. The van der Waals surface area contributed by atoms with Gasteiger partial charge in [-0.05, 0) is 61.7 Å². The first-order valence-electron chi connectivity index (χ1n) is 9.43. The van der Waals surface area contributed by atoms with Gasteiger partial charge in [-0.1, -0.05) is 54.1 Å². The molecule has 3 aromatic rings. The summed E-state index contributed by atoms with van der Waals surface area (Å²) in [6.07, 6.45) is 0. The summed E-state index contributed by atoms with van der Waals surface area (Å²) in [6, 6.07) is 19.0. The van der Waals surface area contributed by atoms with Crippen molar-refractivity contribution in [2.24, 2.45) is 0 Å². The van der Waals surface area contributed by atoms with Crippen molar-refractivity contribution in [3.8, 4) is 0 Å². The van der Waals surface area contributed by atoms with Crippen molar-refractivity contribution < 1.29 is 13.2 Å². The molecule has 1 atom stereocenters. The number of amides is 1. The van der Waals surface area contributed by atoms with Crippen molar-refractivity contribution in [2.75, 3.05) is 4.72 Å². The van der Waals surface area contributed by atoms with Crippen LogP contribution in [-0.4, -0.2) is 14.3 Å². The highest BCUT2D eigenvalue weighted by atomic mass is 35.5. The van der Waals surface area contributed by atoms with E-state index in [1.54, 1.807) is 6.07 Å². The number of hydrogen-bond acceptors (Lipinski definition) is 3. The minimum atomic E-state index is -3.98. The molecule has 3 rings (SSSR count). The van der Waals surface area contributed by atoms with Gasteiger partial charge in [0.05, 0.1) is 16.8 Å². The maximum Gasteiger partial charge on any atom is 0.263 e. The van der Waals surface area contributed by atoms with Gasteiger partial charge in [0.1, 0.15) is 4.90 Å². The van der Waals surface area contributed by atoms with Crippen LogP contribution >= 0.6 is 11.6 Å². The van der Waals surface area contributed by atoms with Gasteiger partial charge in [0.15, 0.2) is 0 Å². The van der Waals surface area contributed by atoms with Gasteiger partial charge in [0.2, 0.25) is 0 Å². The number of benzene rings is 3. The summed E-state index contributed by atoms with van der Waals surface area (Å²) >= 11 is 6.17. The van der Waals surface area contributed by atoms with Gasteiger partial charge in [-0.15, -0.1) is 0 Å². The minimum absolute atomic E-state index is 0.0421. The number of hydrogen-bond donors (Lipinski definition) is 2. The zero-order valence-corrected chi connectivity index (χ0v) is 18.5. The molecular formula is C23H23ClN2O3S. The highest BCUT2D eigenvalue weighted by molar-refractivity contribution is 7.92. The van der Waals surface area contributed by atoms with Crippen molar-refractivity contribution in [2.45, 2.75) is 31.7 Å². The first kappa shape index (κ1) is 21.9. The van der Waals surface area contributed by atoms with E-state index < -0.39 is 10.0 Å². The van der Waals surface area contributed by atoms with E-state index in [0.717, 1.165) is 16.7 Å². The highest BCUT2D eigenvalue weighted by Gasteiger charge is 2.22. The Morgan fingerprint density at radius 2 is 1.67 bits per heavy atom. The highest BCUT2D eigenvalue weighted by Crippen LogP contribution is 2.27. The molecule has 0 saturated carbocycles.